The molecule has 1 heterocycles. The van der Waals surface area contributed by atoms with Crippen LogP contribution in [0.2, 0.25) is 0 Å². The Balaban J connectivity index is 2.10. The second-order valence-electron chi connectivity index (χ2n) is 8.29. The van der Waals surface area contributed by atoms with Gasteiger partial charge >= 0.3 is 0 Å². The zero-order valence-corrected chi connectivity index (χ0v) is 14.9. The Morgan fingerprint density at radius 3 is 2.24 bits per heavy atom. The molecule has 2 rings (SSSR count). The van der Waals surface area contributed by atoms with Gasteiger partial charge in [-0.1, -0.05) is 26.2 Å². The molecule has 2 fully saturated rings. The number of nitrogens with zero attached hydrogens (tertiary/aromatic N) is 1. The third-order valence-electron chi connectivity index (χ3n) is 4.83. The van der Waals surface area contributed by atoms with Crippen molar-refractivity contribution in [2.45, 2.75) is 96.4 Å². The second kappa shape index (κ2) is 6.97. The van der Waals surface area contributed by atoms with E-state index < -0.39 is 0 Å². The van der Waals surface area contributed by atoms with Crippen LogP contribution in [-0.2, 0) is 4.74 Å². The summed E-state index contributed by atoms with van der Waals surface area (Å²) in [5.41, 5.74) is -0.0767. The Morgan fingerprint density at radius 2 is 1.62 bits per heavy atom. The molecule has 0 bridgehead atoms. The molecule has 1 saturated heterocycles. The van der Waals surface area contributed by atoms with Crippen molar-refractivity contribution in [2.75, 3.05) is 19.6 Å². The highest BCUT2D eigenvalue weighted by molar-refractivity contribution is 4.96. The van der Waals surface area contributed by atoms with E-state index >= 15 is 0 Å². The number of ether oxygens (including phenoxy) is 1. The Bertz CT molecular complexity index is 311. The standard InChI is InChI=1S/C18H36N2O/c1-6-12-19-15-10-8-7-9-11-16(15)20-13-17(2,3)21-18(4,5)14-20/h15-16,19H,6-14H2,1-5H3. The smallest absolute Gasteiger partial charge is 0.0760 e. The van der Waals surface area contributed by atoms with Gasteiger partial charge in [-0.25, -0.2) is 0 Å². The Kier molecular flexibility index (Phi) is 5.72. The molecule has 3 nitrogen and oxygen atoms in total. The summed E-state index contributed by atoms with van der Waals surface area (Å²) in [4.78, 5) is 2.72. The molecule has 21 heavy (non-hydrogen) atoms. The molecular weight excluding hydrogens is 260 g/mol. The summed E-state index contributed by atoms with van der Waals surface area (Å²) in [5.74, 6) is 0. The summed E-state index contributed by atoms with van der Waals surface area (Å²) >= 11 is 0. The molecule has 1 saturated carbocycles. The topological polar surface area (TPSA) is 24.5 Å². The van der Waals surface area contributed by atoms with Gasteiger partial charge in [0, 0.05) is 25.2 Å². The van der Waals surface area contributed by atoms with Crippen LogP contribution in [0.1, 0.15) is 73.1 Å². The first-order valence-corrected chi connectivity index (χ1v) is 9.01. The van der Waals surface area contributed by atoms with Crippen molar-refractivity contribution < 1.29 is 4.74 Å². The number of morpholine rings is 1. The summed E-state index contributed by atoms with van der Waals surface area (Å²) in [5, 5.41) is 3.83. The van der Waals surface area contributed by atoms with Gasteiger partial charge in [-0.2, -0.15) is 0 Å². The minimum atomic E-state index is -0.0383. The fourth-order valence-corrected chi connectivity index (χ4v) is 4.37. The predicted molar refractivity (Wildman–Crippen MR) is 89.8 cm³/mol. The van der Waals surface area contributed by atoms with Gasteiger partial charge in [0.25, 0.3) is 0 Å². The largest absolute Gasteiger partial charge is 0.367 e. The van der Waals surface area contributed by atoms with E-state index in [-0.39, 0.29) is 11.2 Å². The molecule has 2 aliphatic rings. The van der Waals surface area contributed by atoms with Crippen LogP contribution in [0.3, 0.4) is 0 Å². The quantitative estimate of drug-likeness (QED) is 0.803. The maximum atomic E-state index is 6.27. The molecule has 3 heteroatoms. The molecule has 0 spiro atoms. The van der Waals surface area contributed by atoms with Crippen LogP contribution in [-0.4, -0.2) is 47.8 Å². The van der Waals surface area contributed by atoms with Crippen LogP contribution in [0, 0.1) is 0 Å². The average molecular weight is 296 g/mol. The average Bonchev–Trinajstić information content (AvgIpc) is 2.57. The van der Waals surface area contributed by atoms with E-state index in [0.29, 0.717) is 12.1 Å². The Morgan fingerprint density at radius 1 is 1.00 bits per heavy atom. The molecule has 0 radical (unpaired) electrons. The molecule has 2 unspecified atom stereocenters. The lowest BCUT2D eigenvalue weighted by atomic mass is 9.93. The van der Waals surface area contributed by atoms with Crippen LogP contribution < -0.4 is 5.32 Å². The maximum absolute atomic E-state index is 6.27. The number of hydrogen-bond acceptors (Lipinski definition) is 3. The molecule has 1 aliphatic carbocycles. The second-order valence-corrected chi connectivity index (χ2v) is 8.29. The van der Waals surface area contributed by atoms with E-state index in [1.807, 2.05) is 0 Å². The number of nitrogens with one attached hydrogen (secondary N) is 1. The van der Waals surface area contributed by atoms with Crippen molar-refractivity contribution in [3.8, 4) is 0 Å². The molecule has 1 aliphatic heterocycles. The van der Waals surface area contributed by atoms with Crippen molar-refractivity contribution in [1.29, 1.82) is 0 Å². The van der Waals surface area contributed by atoms with E-state index in [4.69, 9.17) is 4.74 Å². The molecule has 1 N–H and O–H groups in total. The zero-order chi connectivity index (χ0) is 15.5. The Hall–Kier alpha value is -0.120. The first-order chi connectivity index (χ1) is 9.83. The molecule has 0 aromatic carbocycles. The molecular formula is C18H36N2O. The van der Waals surface area contributed by atoms with Gasteiger partial charge < -0.3 is 10.1 Å². The van der Waals surface area contributed by atoms with Gasteiger partial charge in [0.05, 0.1) is 11.2 Å². The monoisotopic (exact) mass is 296 g/mol. The van der Waals surface area contributed by atoms with Crippen molar-refractivity contribution >= 4 is 0 Å². The molecule has 124 valence electrons. The first kappa shape index (κ1) is 17.2. The summed E-state index contributed by atoms with van der Waals surface area (Å²) in [6.07, 6.45) is 8.07. The molecule has 0 aromatic heterocycles. The van der Waals surface area contributed by atoms with E-state index in [1.165, 1.54) is 38.5 Å². The fraction of sp³-hybridized carbons (Fsp3) is 1.00. The highest BCUT2D eigenvalue weighted by atomic mass is 16.5. The summed E-state index contributed by atoms with van der Waals surface area (Å²) in [6.45, 7) is 14.5. The number of hydrogen-bond donors (Lipinski definition) is 1. The van der Waals surface area contributed by atoms with Gasteiger partial charge in [0.15, 0.2) is 0 Å². The lowest BCUT2D eigenvalue weighted by molar-refractivity contribution is -0.189. The minimum Gasteiger partial charge on any atom is -0.367 e. The van der Waals surface area contributed by atoms with Crippen molar-refractivity contribution in [3.63, 3.8) is 0 Å². The van der Waals surface area contributed by atoms with Crippen LogP contribution in [0.4, 0.5) is 0 Å². The van der Waals surface area contributed by atoms with Gasteiger partial charge in [-0.3, -0.25) is 4.90 Å². The lowest BCUT2D eigenvalue weighted by Gasteiger charge is -2.51. The van der Waals surface area contributed by atoms with Crippen LogP contribution >= 0.6 is 0 Å². The van der Waals surface area contributed by atoms with Gasteiger partial charge in [-0.05, 0) is 53.5 Å². The van der Waals surface area contributed by atoms with Crippen LogP contribution in [0.5, 0.6) is 0 Å². The third kappa shape index (κ3) is 4.94. The Labute approximate surface area is 131 Å². The van der Waals surface area contributed by atoms with E-state index in [2.05, 4.69) is 44.8 Å². The normalized spacial score (nSPS) is 33.6. The van der Waals surface area contributed by atoms with E-state index in [1.54, 1.807) is 0 Å². The van der Waals surface area contributed by atoms with Crippen LogP contribution in [0.25, 0.3) is 0 Å². The SMILES string of the molecule is CCCNC1CCCCCC1N1CC(C)(C)OC(C)(C)C1. The first-order valence-electron chi connectivity index (χ1n) is 9.01. The van der Waals surface area contributed by atoms with Gasteiger partial charge in [0.1, 0.15) is 0 Å². The lowest BCUT2D eigenvalue weighted by Crippen LogP contribution is -2.62. The number of rotatable bonds is 4. The molecule has 0 aromatic rings. The highest BCUT2D eigenvalue weighted by Crippen LogP contribution is 2.32. The highest BCUT2D eigenvalue weighted by Gasteiger charge is 2.42. The maximum Gasteiger partial charge on any atom is 0.0760 e. The van der Waals surface area contributed by atoms with Gasteiger partial charge in [-0.15, -0.1) is 0 Å². The third-order valence-corrected chi connectivity index (χ3v) is 4.83. The van der Waals surface area contributed by atoms with E-state index in [9.17, 15) is 0 Å². The summed E-state index contributed by atoms with van der Waals surface area (Å²) in [7, 11) is 0. The predicted octanol–water partition coefficient (Wildman–Crippen LogP) is 3.58. The minimum absolute atomic E-state index is 0.0383. The zero-order valence-electron chi connectivity index (χ0n) is 14.9. The van der Waals surface area contributed by atoms with Crippen molar-refractivity contribution in [3.05, 3.63) is 0 Å². The van der Waals surface area contributed by atoms with Crippen molar-refractivity contribution in [2.24, 2.45) is 0 Å². The summed E-state index contributed by atoms with van der Waals surface area (Å²) < 4.78 is 6.27. The fourth-order valence-electron chi connectivity index (χ4n) is 4.37. The van der Waals surface area contributed by atoms with Gasteiger partial charge in [0.2, 0.25) is 0 Å². The molecule has 0 amide bonds. The van der Waals surface area contributed by atoms with Crippen LogP contribution in [0.15, 0.2) is 0 Å². The van der Waals surface area contributed by atoms with Crippen molar-refractivity contribution in [1.82, 2.24) is 10.2 Å². The van der Waals surface area contributed by atoms with E-state index in [0.717, 1.165) is 19.6 Å². The summed E-state index contributed by atoms with van der Waals surface area (Å²) in [6, 6.07) is 1.35. The molecule has 2 atom stereocenters.